The fraction of sp³-hybridized carbons (Fsp3) is 0.0476. The number of hydrogen-bond donors (Lipinski definition) is 3. The highest BCUT2D eigenvalue weighted by Crippen LogP contribution is 2.27. The van der Waals surface area contributed by atoms with Crippen molar-refractivity contribution in [2.45, 2.75) is 6.17 Å². The minimum Gasteiger partial charge on any atom is -0.361 e. The highest BCUT2D eigenvalue weighted by atomic mass is 35.5. The molecular formula is C21H16ClN3O2. The Kier molecular flexibility index (Phi) is 4.52. The number of carbonyl (C=O) groups is 2. The van der Waals surface area contributed by atoms with Crippen LogP contribution in [0.1, 0.15) is 32.4 Å². The molecule has 3 N–H and O–H groups in total. The Bertz CT molecular complexity index is 1020. The van der Waals surface area contributed by atoms with Crippen molar-refractivity contribution in [2.75, 3.05) is 10.6 Å². The summed E-state index contributed by atoms with van der Waals surface area (Å²) in [4.78, 5) is 24.7. The van der Waals surface area contributed by atoms with Crippen molar-refractivity contribution >= 4 is 34.8 Å². The van der Waals surface area contributed by atoms with Gasteiger partial charge in [-0.3, -0.25) is 9.59 Å². The average molecular weight is 378 g/mol. The van der Waals surface area contributed by atoms with Gasteiger partial charge in [-0.1, -0.05) is 35.9 Å². The van der Waals surface area contributed by atoms with Crippen LogP contribution in [0.4, 0.5) is 11.4 Å². The lowest BCUT2D eigenvalue weighted by Gasteiger charge is -2.28. The molecule has 134 valence electrons. The molecule has 0 saturated heterocycles. The fourth-order valence-corrected chi connectivity index (χ4v) is 3.10. The van der Waals surface area contributed by atoms with Gasteiger partial charge in [-0.05, 0) is 54.1 Å². The van der Waals surface area contributed by atoms with Gasteiger partial charge in [-0.25, -0.2) is 0 Å². The van der Waals surface area contributed by atoms with Gasteiger partial charge in [0.25, 0.3) is 11.8 Å². The van der Waals surface area contributed by atoms with E-state index in [1.165, 1.54) is 0 Å². The summed E-state index contributed by atoms with van der Waals surface area (Å²) < 4.78 is 0. The molecule has 5 nitrogen and oxygen atoms in total. The molecule has 2 amide bonds. The number of hydrogen-bond acceptors (Lipinski definition) is 3. The molecule has 0 saturated carbocycles. The second-order valence-corrected chi connectivity index (χ2v) is 6.62. The molecule has 0 aliphatic carbocycles. The SMILES string of the molecule is O=C(Nc1cccc([C@@H]2NC(=O)c3ccccc3N2)c1)c1ccc(Cl)cc1. The average Bonchev–Trinajstić information content (AvgIpc) is 2.68. The number of fused-ring (bicyclic) bond motifs is 1. The van der Waals surface area contributed by atoms with Crippen molar-refractivity contribution in [2.24, 2.45) is 0 Å². The number of anilines is 2. The number of rotatable bonds is 3. The fourth-order valence-electron chi connectivity index (χ4n) is 2.97. The van der Waals surface area contributed by atoms with E-state index in [1.807, 2.05) is 36.4 Å². The van der Waals surface area contributed by atoms with E-state index < -0.39 is 0 Å². The van der Waals surface area contributed by atoms with Crippen molar-refractivity contribution in [3.8, 4) is 0 Å². The van der Waals surface area contributed by atoms with Crippen molar-refractivity contribution in [3.05, 3.63) is 94.5 Å². The van der Waals surface area contributed by atoms with E-state index in [1.54, 1.807) is 36.4 Å². The zero-order chi connectivity index (χ0) is 18.8. The van der Waals surface area contributed by atoms with Crippen molar-refractivity contribution in [1.29, 1.82) is 0 Å². The van der Waals surface area contributed by atoms with Gasteiger partial charge in [0.2, 0.25) is 0 Å². The van der Waals surface area contributed by atoms with E-state index in [4.69, 9.17) is 11.6 Å². The van der Waals surface area contributed by atoms with Gasteiger partial charge < -0.3 is 16.0 Å². The number of benzene rings is 3. The molecule has 0 fully saturated rings. The van der Waals surface area contributed by atoms with Crippen LogP contribution in [-0.2, 0) is 0 Å². The maximum atomic E-state index is 12.4. The molecule has 0 bridgehead atoms. The maximum Gasteiger partial charge on any atom is 0.255 e. The highest BCUT2D eigenvalue weighted by Gasteiger charge is 2.24. The maximum absolute atomic E-state index is 12.4. The predicted molar refractivity (Wildman–Crippen MR) is 106 cm³/mol. The molecule has 0 radical (unpaired) electrons. The molecular weight excluding hydrogens is 362 g/mol. The van der Waals surface area contributed by atoms with Crippen LogP contribution < -0.4 is 16.0 Å². The molecule has 3 aromatic rings. The first-order chi connectivity index (χ1) is 13.1. The topological polar surface area (TPSA) is 70.2 Å². The van der Waals surface area contributed by atoms with Crippen LogP contribution >= 0.6 is 11.6 Å². The van der Waals surface area contributed by atoms with Gasteiger partial charge in [0.05, 0.1) is 5.56 Å². The Labute approximate surface area is 161 Å². The van der Waals surface area contributed by atoms with Gasteiger partial charge in [-0.2, -0.15) is 0 Å². The number of amides is 2. The first-order valence-corrected chi connectivity index (χ1v) is 8.81. The Hall–Kier alpha value is -3.31. The lowest BCUT2D eigenvalue weighted by molar-refractivity contribution is 0.0934. The van der Waals surface area contributed by atoms with E-state index in [2.05, 4.69) is 16.0 Å². The van der Waals surface area contributed by atoms with Gasteiger partial charge in [0.15, 0.2) is 0 Å². The van der Waals surface area contributed by atoms with Gasteiger partial charge in [-0.15, -0.1) is 0 Å². The summed E-state index contributed by atoms with van der Waals surface area (Å²) in [5.41, 5.74) is 3.39. The monoisotopic (exact) mass is 377 g/mol. The summed E-state index contributed by atoms with van der Waals surface area (Å²) in [6.07, 6.45) is -0.375. The summed E-state index contributed by atoms with van der Waals surface area (Å²) in [5, 5.41) is 9.67. The summed E-state index contributed by atoms with van der Waals surface area (Å²) in [5.74, 6) is -0.361. The van der Waals surface area contributed by atoms with Crippen LogP contribution in [0, 0.1) is 0 Å². The molecule has 0 spiro atoms. The van der Waals surface area contributed by atoms with Crippen molar-refractivity contribution in [3.63, 3.8) is 0 Å². The molecule has 0 unspecified atom stereocenters. The third-order valence-electron chi connectivity index (χ3n) is 4.33. The Morgan fingerprint density at radius 1 is 0.926 bits per heavy atom. The molecule has 27 heavy (non-hydrogen) atoms. The third-order valence-corrected chi connectivity index (χ3v) is 4.58. The van der Waals surface area contributed by atoms with E-state index in [0.29, 0.717) is 21.8 Å². The number of halogens is 1. The lowest BCUT2D eigenvalue weighted by Crippen LogP contribution is -2.38. The van der Waals surface area contributed by atoms with E-state index in [0.717, 1.165) is 11.3 Å². The first kappa shape index (κ1) is 17.1. The molecule has 1 aliphatic heterocycles. The number of para-hydroxylation sites is 1. The minimum absolute atomic E-state index is 0.134. The second kappa shape index (κ2) is 7.13. The molecule has 4 rings (SSSR count). The standard InChI is InChI=1S/C21H16ClN3O2/c22-15-10-8-13(9-11-15)20(26)23-16-5-3-4-14(12-16)19-24-18-7-2-1-6-17(18)21(27)25-19/h1-12,19,24H,(H,23,26)(H,25,27)/t19-/m0/s1. The summed E-state index contributed by atoms with van der Waals surface area (Å²) in [6.45, 7) is 0. The smallest absolute Gasteiger partial charge is 0.255 e. The summed E-state index contributed by atoms with van der Waals surface area (Å²) in [7, 11) is 0. The summed E-state index contributed by atoms with van der Waals surface area (Å²) in [6, 6.07) is 21.4. The summed E-state index contributed by atoms with van der Waals surface area (Å²) >= 11 is 5.86. The first-order valence-electron chi connectivity index (χ1n) is 8.43. The lowest BCUT2D eigenvalue weighted by atomic mass is 10.1. The minimum atomic E-state index is -0.375. The number of nitrogens with one attached hydrogen (secondary N) is 3. The molecule has 1 aliphatic rings. The van der Waals surface area contributed by atoms with Crippen LogP contribution in [0.15, 0.2) is 72.8 Å². The molecule has 1 heterocycles. The van der Waals surface area contributed by atoms with E-state index in [-0.39, 0.29) is 18.0 Å². The normalized spacial score (nSPS) is 15.3. The number of carbonyl (C=O) groups excluding carboxylic acids is 2. The quantitative estimate of drug-likeness (QED) is 0.631. The van der Waals surface area contributed by atoms with Gasteiger partial charge in [0.1, 0.15) is 6.17 Å². The highest BCUT2D eigenvalue weighted by molar-refractivity contribution is 6.30. The van der Waals surface area contributed by atoms with Crippen molar-refractivity contribution < 1.29 is 9.59 Å². The largest absolute Gasteiger partial charge is 0.361 e. The second-order valence-electron chi connectivity index (χ2n) is 6.18. The molecule has 1 atom stereocenters. The van der Waals surface area contributed by atoms with Gasteiger partial charge in [0, 0.05) is 22.0 Å². The van der Waals surface area contributed by atoms with Gasteiger partial charge >= 0.3 is 0 Å². The zero-order valence-corrected chi connectivity index (χ0v) is 15.0. The van der Waals surface area contributed by atoms with E-state index >= 15 is 0 Å². The Morgan fingerprint density at radius 2 is 1.70 bits per heavy atom. The van der Waals surface area contributed by atoms with E-state index in [9.17, 15) is 9.59 Å². The molecule has 3 aromatic carbocycles. The third kappa shape index (κ3) is 3.64. The van der Waals surface area contributed by atoms with Crippen LogP contribution in [0.3, 0.4) is 0 Å². The van der Waals surface area contributed by atoms with Crippen LogP contribution in [0.2, 0.25) is 5.02 Å². The molecule has 0 aromatic heterocycles. The van der Waals surface area contributed by atoms with Crippen molar-refractivity contribution in [1.82, 2.24) is 5.32 Å². The Balaban J connectivity index is 1.54. The molecule has 6 heteroatoms. The Morgan fingerprint density at radius 3 is 2.52 bits per heavy atom. The predicted octanol–water partition coefficient (Wildman–Crippen LogP) is 4.45. The van der Waals surface area contributed by atoms with Crippen LogP contribution in [0.5, 0.6) is 0 Å². The van der Waals surface area contributed by atoms with Crippen LogP contribution in [0.25, 0.3) is 0 Å². The van der Waals surface area contributed by atoms with Crippen LogP contribution in [-0.4, -0.2) is 11.8 Å². The zero-order valence-electron chi connectivity index (χ0n) is 14.2.